The SMILES string of the molecule is CCOC(=O)C1CCCN(C(=O)c2ccc(NC3CC3)nc2)C1. The Morgan fingerprint density at radius 3 is 2.83 bits per heavy atom. The van der Waals surface area contributed by atoms with Crippen LogP contribution in [0.25, 0.3) is 0 Å². The van der Waals surface area contributed by atoms with Gasteiger partial charge in [0.1, 0.15) is 5.82 Å². The molecule has 1 aromatic rings. The van der Waals surface area contributed by atoms with Crippen molar-refractivity contribution < 1.29 is 14.3 Å². The Balaban J connectivity index is 1.60. The second kappa shape index (κ2) is 6.98. The van der Waals surface area contributed by atoms with Crippen LogP contribution in [-0.4, -0.2) is 47.5 Å². The van der Waals surface area contributed by atoms with Crippen LogP contribution in [0.3, 0.4) is 0 Å². The lowest BCUT2D eigenvalue weighted by atomic mass is 9.97. The fourth-order valence-electron chi connectivity index (χ4n) is 2.84. The minimum Gasteiger partial charge on any atom is -0.466 e. The van der Waals surface area contributed by atoms with Gasteiger partial charge in [-0.1, -0.05) is 0 Å². The van der Waals surface area contributed by atoms with E-state index in [0.29, 0.717) is 31.3 Å². The first-order valence-corrected chi connectivity index (χ1v) is 8.36. The normalized spacial score (nSPS) is 20.9. The number of piperidine rings is 1. The number of hydrogen-bond donors (Lipinski definition) is 1. The van der Waals surface area contributed by atoms with Crippen molar-refractivity contribution in [3.05, 3.63) is 23.9 Å². The third-order valence-corrected chi connectivity index (χ3v) is 4.27. The Kier molecular flexibility index (Phi) is 4.79. The minimum absolute atomic E-state index is 0.0653. The van der Waals surface area contributed by atoms with Crippen molar-refractivity contribution in [3.8, 4) is 0 Å². The molecule has 2 heterocycles. The molecule has 2 fully saturated rings. The van der Waals surface area contributed by atoms with Gasteiger partial charge in [-0.05, 0) is 44.7 Å². The van der Waals surface area contributed by atoms with E-state index in [1.165, 1.54) is 12.8 Å². The van der Waals surface area contributed by atoms with Crippen LogP contribution < -0.4 is 5.32 Å². The summed E-state index contributed by atoms with van der Waals surface area (Å²) in [5.41, 5.74) is 0.566. The number of ether oxygens (including phenoxy) is 1. The lowest BCUT2D eigenvalue weighted by Gasteiger charge is -2.31. The van der Waals surface area contributed by atoms with Gasteiger partial charge in [0.25, 0.3) is 5.91 Å². The maximum atomic E-state index is 12.6. The number of amides is 1. The average Bonchev–Trinajstić information content (AvgIpc) is 3.39. The maximum absolute atomic E-state index is 12.6. The van der Waals surface area contributed by atoms with Gasteiger partial charge in [0.05, 0.1) is 18.1 Å². The van der Waals surface area contributed by atoms with E-state index < -0.39 is 0 Å². The molecule has 1 N–H and O–H groups in total. The highest BCUT2D eigenvalue weighted by Crippen LogP contribution is 2.24. The van der Waals surface area contributed by atoms with E-state index in [1.54, 1.807) is 24.1 Å². The summed E-state index contributed by atoms with van der Waals surface area (Å²) >= 11 is 0. The van der Waals surface area contributed by atoms with E-state index in [-0.39, 0.29) is 17.8 Å². The molecule has 1 atom stereocenters. The molecule has 0 spiro atoms. The molecule has 1 aliphatic heterocycles. The van der Waals surface area contributed by atoms with Crippen LogP contribution >= 0.6 is 0 Å². The van der Waals surface area contributed by atoms with E-state index in [9.17, 15) is 9.59 Å². The third-order valence-electron chi connectivity index (χ3n) is 4.27. The summed E-state index contributed by atoms with van der Waals surface area (Å²) in [5, 5.41) is 3.30. The zero-order chi connectivity index (χ0) is 16.2. The lowest BCUT2D eigenvalue weighted by Crippen LogP contribution is -2.42. The highest BCUT2D eigenvalue weighted by molar-refractivity contribution is 5.94. The summed E-state index contributed by atoms with van der Waals surface area (Å²) in [7, 11) is 0. The number of rotatable bonds is 5. The summed E-state index contributed by atoms with van der Waals surface area (Å²) in [5.74, 6) is 0.333. The molecular formula is C17H23N3O3. The summed E-state index contributed by atoms with van der Waals surface area (Å²) in [4.78, 5) is 30.5. The third kappa shape index (κ3) is 4.00. The van der Waals surface area contributed by atoms with Gasteiger partial charge < -0.3 is 15.0 Å². The number of nitrogens with one attached hydrogen (secondary N) is 1. The smallest absolute Gasteiger partial charge is 0.310 e. The molecule has 1 saturated heterocycles. The number of pyridine rings is 1. The Morgan fingerprint density at radius 1 is 1.35 bits per heavy atom. The molecule has 3 rings (SSSR count). The monoisotopic (exact) mass is 317 g/mol. The van der Waals surface area contributed by atoms with Gasteiger partial charge in [0.15, 0.2) is 0 Å². The maximum Gasteiger partial charge on any atom is 0.310 e. The van der Waals surface area contributed by atoms with Crippen molar-refractivity contribution in [2.24, 2.45) is 5.92 Å². The van der Waals surface area contributed by atoms with E-state index in [2.05, 4.69) is 10.3 Å². The molecule has 2 aliphatic rings. The molecule has 1 amide bonds. The van der Waals surface area contributed by atoms with Gasteiger partial charge in [0.2, 0.25) is 0 Å². The van der Waals surface area contributed by atoms with Crippen molar-refractivity contribution in [1.82, 2.24) is 9.88 Å². The van der Waals surface area contributed by atoms with Crippen molar-refractivity contribution in [1.29, 1.82) is 0 Å². The van der Waals surface area contributed by atoms with Crippen LogP contribution in [-0.2, 0) is 9.53 Å². The van der Waals surface area contributed by atoms with Crippen molar-refractivity contribution in [3.63, 3.8) is 0 Å². The number of likely N-dealkylation sites (tertiary alicyclic amines) is 1. The predicted octanol–water partition coefficient (Wildman–Crippen LogP) is 2.07. The predicted molar refractivity (Wildman–Crippen MR) is 86.1 cm³/mol. The second-order valence-corrected chi connectivity index (χ2v) is 6.19. The summed E-state index contributed by atoms with van der Waals surface area (Å²) < 4.78 is 5.08. The Hall–Kier alpha value is -2.11. The fraction of sp³-hybridized carbons (Fsp3) is 0.588. The van der Waals surface area contributed by atoms with Crippen LogP contribution in [0.15, 0.2) is 18.3 Å². The van der Waals surface area contributed by atoms with E-state index in [4.69, 9.17) is 4.74 Å². The summed E-state index contributed by atoms with van der Waals surface area (Å²) in [6.07, 6.45) is 5.59. The van der Waals surface area contributed by atoms with Gasteiger partial charge in [-0.3, -0.25) is 9.59 Å². The van der Waals surface area contributed by atoms with Crippen LogP contribution in [0.5, 0.6) is 0 Å². The van der Waals surface area contributed by atoms with Gasteiger partial charge >= 0.3 is 5.97 Å². The van der Waals surface area contributed by atoms with Crippen LogP contribution in [0.1, 0.15) is 43.0 Å². The molecule has 1 saturated carbocycles. The zero-order valence-electron chi connectivity index (χ0n) is 13.5. The highest BCUT2D eigenvalue weighted by Gasteiger charge is 2.30. The van der Waals surface area contributed by atoms with Crippen molar-refractivity contribution in [2.75, 3.05) is 25.0 Å². The standard InChI is InChI=1S/C17H23N3O3/c1-2-23-17(22)13-4-3-9-20(11-13)16(21)12-5-8-15(18-10-12)19-14-6-7-14/h5,8,10,13-14H,2-4,6-7,9,11H2,1H3,(H,18,19). The first-order valence-electron chi connectivity index (χ1n) is 8.36. The van der Waals surface area contributed by atoms with E-state index in [1.807, 2.05) is 6.07 Å². The summed E-state index contributed by atoms with van der Waals surface area (Å²) in [6.45, 7) is 3.28. The molecule has 0 aromatic carbocycles. The number of carbonyl (C=O) groups excluding carboxylic acids is 2. The van der Waals surface area contributed by atoms with Crippen LogP contribution in [0.4, 0.5) is 5.82 Å². The van der Waals surface area contributed by atoms with Crippen LogP contribution in [0, 0.1) is 5.92 Å². The molecule has 0 radical (unpaired) electrons. The molecule has 1 aromatic heterocycles. The minimum atomic E-state index is -0.212. The topological polar surface area (TPSA) is 71.5 Å². The molecule has 1 aliphatic carbocycles. The molecule has 23 heavy (non-hydrogen) atoms. The number of nitrogens with zero attached hydrogens (tertiary/aromatic N) is 2. The second-order valence-electron chi connectivity index (χ2n) is 6.19. The Labute approximate surface area is 136 Å². The molecule has 6 heteroatoms. The average molecular weight is 317 g/mol. The Bertz CT molecular complexity index is 569. The van der Waals surface area contributed by atoms with Gasteiger partial charge in [-0.2, -0.15) is 0 Å². The molecule has 0 bridgehead atoms. The lowest BCUT2D eigenvalue weighted by molar-refractivity contribution is -0.149. The van der Waals surface area contributed by atoms with Crippen molar-refractivity contribution in [2.45, 2.75) is 38.6 Å². The number of hydrogen-bond acceptors (Lipinski definition) is 5. The van der Waals surface area contributed by atoms with E-state index in [0.717, 1.165) is 18.7 Å². The first kappa shape index (κ1) is 15.8. The number of carbonyl (C=O) groups is 2. The first-order chi connectivity index (χ1) is 11.2. The van der Waals surface area contributed by atoms with Crippen molar-refractivity contribution >= 4 is 17.7 Å². The van der Waals surface area contributed by atoms with Gasteiger partial charge in [-0.25, -0.2) is 4.98 Å². The molecule has 1 unspecified atom stereocenters. The van der Waals surface area contributed by atoms with E-state index >= 15 is 0 Å². The molecule has 6 nitrogen and oxygen atoms in total. The van der Waals surface area contributed by atoms with Gasteiger partial charge in [0, 0.05) is 25.3 Å². The summed E-state index contributed by atoms with van der Waals surface area (Å²) in [6, 6.07) is 4.18. The largest absolute Gasteiger partial charge is 0.466 e. The van der Waals surface area contributed by atoms with Crippen LogP contribution in [0.2, 0.25) is 0 Å². The number of esters is 1. The molecular weight excluding hydrogens is 294 g/mol. The Morgan fingerprint density at radius 2 is 2.17 bits per heavy atom. The number of anilines is 1. The molecule has 124 valence electrons. The van der Waals surface area contributed by atoms with Gasteiger partial charge in [-0.15, -0.1) is 0 Å². The quantitative estimate of drug-likeness (QED) is 0.842. The fourth-order valence-corrected chi connectivity index (χ4v) is 2.84. The number of aromatic nitrogens is 1. The highest BCUT2D eigenvalue weighted by atomic mass is 16.5. The zero-order valence-corrected chi connectivity index (χ0v) is 13.5.